The number of oxime groups is 1. The number of para-hydroxylation sites is 1. The van der Waals surface area contributed by atoms with Crippen LogP contribution in [0.15, 0.2) is 71.9 Å². The Morgan fingerprint density at radius 2 is 1.73 bits per heavy atom. The summed E-state index contributed by atoms with van der Waals surface area (Å²) in [5, 5.41) is 15.4. The Labute approximate surface area is 175 Å². The van der Waals surface area contributed by atoms with Crippen LogP contribution in [-0.4, -0.2) is 23.6 Å². The van der Waals surface area contributed by atoms with Crippen molar-refractivity contribution >= 4 is 23.2 Å². The van der Waals surface area contributed by atoms with Crippen molar-refractivity contribution in [1.29, 1.82) is 0 Å². The molecule has 7 nitrogen and oxygen atoms in total. The lowest BCUT2D eigenvalue weighted by atomic mass is 9.98. The summed E-state index contributed by atoms with van der Waals surface area (Å²) in [6.07, 6.45) is 0. The molecule has 7 heteroatoms. The topological polar surface area (TPSA) is 123 Å². The summed E-state index contributed by atoms with van der Waals surface area (Å²) in [6.45, 7) is 2.53. The molecule has 0 fully saturated rings. The van der Waals surface area contributed by atoms with Crippen molar-refractivity contribution in [3.05, 3.63) is 83.4 Å². The van der Waals surface area contributed by atoms with Crippen LogP contribution in [0.25, 0.3) is 11.1 Å². The van der Waals surface area contributed by atoms with Gasteiger partial charge in [-0.1, -0.05) is 59.8 Å². The number of benzene rings is 3. The third-order valence-corrected chi connectivity index (χ3v) is 4.64. The Bertz CT molecular complexity index is 1060. The van der Waals surface area contributed by atoms with Gasteiger partial charge in [-0.15, -0.1) is 0 Å². The van der Waals surface area contributed by atoms with Gasteiger partial charge >= 0.3 is 5.97 Å². The molecule has 3 aromatic rings. The molecule has 0 saturated carbocycles. The zero-order valence-corrected chi connectivity index (χ0v) is 16.6. The third-order valence-electron chi connectivity index (χ3n) is 4.64. The van der Waals surface area contributed by atoms with E-state index in [0.717, 1.165) is 16.7 Å². The lowest BCUT2D eigenvalue weighted by Crippen LogP contribution is -2.14. The summed E-state index contributed by atoms with van der Waals surface area (Å²) in [4.78, 5) is 12.2. The minimum absolute atomic E-state index is 0.0578. The van der Waals surface area contributed by atoms with Crippen molar-refractivity contribution in [3.8, 4) is 11.1 Å². The molecular weight excluding hydrogens is 380 g/mol. The summed E-state index contributed by atoms with van der Waals surface area (Å²) in [7, 11) is 0. The molecule has 0 spiro atoms. The van der Waals surface area contributed by atoms with E-state index in [9.17, 15) is 4.79 Å². The quantitative estimate of drug-likeness (QED) is 0.119. The van der Waals surface area contributed by atoms with Gasteiger partial charge in [0.15, 0.2) is 5.84 Å². The lowest BCUT2D eigenvalue weighted by Gasteiger charge is -2.14. The molecule has 0 bridgehead atoms. The molecule has 0 radical (unpaired) electrons. The Morgan fingerprint density at radius 1 is 1.03 bits per heavy atom. The summed E-state index contributed by atoms with van der Waals surface area (Å²) in [5.41, 5.74) is 16.7. The second kappa shape index (κ2) is 9.47. The number of hydrogen-bond donors (Lipinski definition) is 4. The number of esters is 1. The normalized spacial score (nSPS) is 11.2. The predicted molar refractivity (Wildman–Crippen MR) is 119 cm³/mol. The van der Waals surface area contributed by atoms with Gasteiger partial charge in [-0.05, 0) is 35.7 Å². The van der Waals surface area contributed by atoms with Crippen molar-refractivity contribution < 1.29 is 14.7 Å². The van der Waals surface area contributed by atoms with Gasteiger partial charge in [0.2, 0.25) is 0 Å². The van der Waals surface area contributed by atoms with E-state index >= 15 is 0 Å². The number of nitrogen functional groups attached to an aromatic ring is 1. The van der Waals surface area contributed by atoms with Crippen molar-refractivity contribution in [2.24, 2.45) is 10.9 Å². The van der Waals surface area contributed by atoms with Crippen LogP contribution in [0, 0.1) is 0 Å². The van der Waals surface area contributed by atoms with Crippen LogP contribution in [0.4, 0.5) is 11.4 Å². The van der Waals surface area contributed by atoms with Gasteiger partial charge < -0.3 is 26.7 Å². The van der Waals surface area contributed by atoms with Crippen LogP contribution in [-0.2, 0) is 11.3 Å². The number of carbonyl (C=O) groups excluding carboxylic acids is 1. The highest BCUT2D eigenvalue weighted by molar-refractivity contribution is 6.03. The minimum Gasteiger partial charge on any atom is -0.462 e. The first kappa shape index (κ1) is 20.7. The van der Waals surface area contributed by atoms with Crippen LogP contribution in [0.1, 0.15) is 28.4 Å². The molecule has 0 amide bonds. The molecule has 154 valence electrons. The molecule has 3 aromatic carbocycles. The van der Waals surface area contributed by atoms with Gasteiger partial charge in [0.05, 0.1) is 23.5 Å². The van der Waals surface area contributed by atoms with Gasteiger partial charge in [0.25, 0.3) is 0 Å². The molecule has 0 aliphatic rings. The molecule has 30 heavy (non-hydrogen) atoms. The molecular formula is C23H24N4O3. The van der Waals surface area contributed by atoms with E-state index in [4.69, 9.17) is 21.4 Å². The Hall–Kier alpha value is -4.00. The van der Waals surface area contributed by atoms with E-state index < -0.39 is 5.97 Å². The van der Waals surface area contributed by atoms with Gasteiger partial charge in [-0.3, -0.25) is 0 Å². The fourth-order valence-electron chi connectivity index (χ4n) is 3.15. The Morgan fingerprint density at radius 3 is 2.43 bits per heavy atom. The van der Waals surface area contributed by atoms with Gasteiger partial charge in [-0.25, -0.2) is 4.79 Å². The first-order valence-corrected chi connectivity index (χ1v) is 9.50. The highest BCUT2D eigenvalue weighted by atomic mass is 16.5. The number of hydrogen-bond acceptors (Lipinski definition) is 6. The number of nitrogens with two attached hydrogens (primary N) is 2. The fraction of sp³-hybridized carbons (Fsp3) is 0.130. The summed E-state index contributed by atoms with van der Waals surface area (Å²) in [6, 6.07) is 20.4. The van der Waals surface area contributed by atoms with Crippen LogP contribution >= 0.6 is 0 Å². The van der Waals surface area contributed by atoms with Gasteiger partial charge in [-0.2, -0.15) is 0 Å². The van der Waals surface area contributed by atoms with E-state index in [-0.39, 0.29) is 5.84 Å². The molecule has 0 unspecified atom stereocenters. The summed E-state index contributed by atoms with van der Waals surface area (Å²) in [5.74, 6) is -0.357. The van der Waals surface area contributed by atoms with E-state index in [1.54, 1.807) is 31.2 Å². The SMILES string of the molecule is CCOC(=O)c1cccc(N)c1NCc1ccc(-c2ccccc2C(N)=NO)cc1. The molecule has 0 atom stereocenters. The van der Waals surface area contributed by atoms with Crippen LogP contribution in [0.2, 0.25) is 0 Å². The van der Waals surface area contributed by atoms with Gasteiger partial charge in [0.1, 0.15) is 0 Å². The lowest BCUT2D eigenvalue weighted by molar-refractivity contribution is 0.0527. The largest absolute Gasteiger partial charge is 0.462 e. The van der Waals surface area contributed by atoms with Crippen molar-refractivity contribution in [2.75, 3.05) is 17.7 Å². The fourth-order valence-corrected chi connectivity index (χ4v) is 3.15. The molecule has 0 aromatic heterocycles. The standard InChI is InChI=1S/C23H24N4O3/c1-2-30-23(28)19-8-5-9-20(24)21(19)26-14-15-10-12-16(13-11-15)17-6-3-4-7-18(17)22(25)27-29/h3-13,26,29H,2,14,24H2,1H3,(H2,25,27). The van der Waals surface area contributed by atoms with Crippen molar-refractivity contribution in [2.45, 2.75) is 13.5 Å². The van der Waals surface area contributed by atoms with Gasteiger partial charge in [0, 0.05) is 12.1 Å². The van der Waals surface area contributed by atoms with Crippen molar-refractivity contribution in [1.82, 2.24) is 0 Å². The number of carbonyl (C=O) groups is 1. The molecule has 6 N–H and O–H groups in total. The van der Waals surface area contributed by atoms with Crippen LogP contribution in [0.3, 0.4) is 0 Å². The molecule has 3 rings (SSSR count). The second-order valence-corrected chi connectivity index (χ2v) is 6.57. The minimum atomic E-state index is -0.414. The average Bonchev–Trinajstić information content (AvgIpc) is 2.78. The summed E-state index contributed by atoms with van der Waals surface area (Å²) >= 11 is 0. The molecule has 0 aliphatic carbocycles. The van der Waals surface area contributed by atoms with E-state index in [1.807, 2.05) is 42.5 Å². The van der Waals surface area contributed by atoms with Crippen molar-refractivity contribution in [3.63, 3.8) is 0 Å². The number of rotatable bonds is 7. The first-order chi connectivity index (χ1) is 14.5. The third kappa shape index (κ3) is 4.52. The smallest absolute Gasteiger partial charge is 0.340 e. The van der Waals surface area contributed by atoms with E-state index in [0.29, 0.717) is 35.7 Å². The maximum atomic E-state index is 12.2. The summed E-state index contributed by atoms with van der Waals surface area (Å²) < 4.78 is 5.11. The second-order valence-electron chi connectivity index (χ2n) is 6.57. The Kier molecular flexibility index (Phi) is 6.54. The van der Waals surface area contributed by atoms with Crippen LogP contribution in [0.5, 0.6) is 0 Å². The number of amidine groups is 1. The average molecular weight is 404 g/mol. The number of nitrogens with zero attached hydrogens (tertiary/aromatic N) is 1. The molecule has 0 saturated heterocycles. The first-order valence-electron chi connectivity index (χ1n) is 9.50. The zero-order chi connectivity index (χ0) is 21.5. The maximum Gasteiger partial charge on any atom is 0.340 e. The Balaban J connectivity index is 1.80. The molecule has 0 heterocycles. The number of ether oxygens (including phenoxy) is 1. The van der Waals surface area contributed by atoms with E-state index in [1.165, 1.54) is 0 Å². The monoisotopic (exact) mass is 404 g/mol. The predicted octanol–water partition coefficient (Wildman–Crippen LogP) is 3.82. The molecule has 0 aliphatic heterocycles. The highest BCUT2D eigenvalue weighted by Gasteiger charge is 2.15. The number of anilines is 2. The zero-order valence-electron chi connectivity index (χ0n) is 16.6. The van der Waals surface area contributed by atoms with E-state index in [2.05, 4.69) is 10.5 Å². The number of nitrogens with one attached hydrogen (secondary N) is 1. The highest BCUT2D eigenvalue weighted by Crippen LogP contribution is 2.27. The maximum absolute atomic E-state index is 12.2. The van der Waals surface area contributed by atoms with Crippen LogP contribution < -0.4 is 16.8 Å².